The Labute approximate surface area is 153 Å². The van der Waals surface area contributed by atoms with Crippen molar-refractivity contribution in [2.75, 3.05) is 33.9 Å². The van der Waals surface area contributed by atoms with Gasteiger partial charge in [-0.2, -0.15) is 9.40 Å². The number of nitrogens with zero attached hydrogens (tertiary/aromatic N) is 3. The molecule has 2 aromatic rings. The smallest absolute Gasteiger partial charge is 0.243 e. The van der Waals surface area contributed by atoms with Crippen LogP contribution in [0.2, 0.25) is 0 Å². The normalized spacial score (nSPS) is 18.7. The van der Waals surface area contributed by atoms with Crippen LogP contribution in [0.1, 0.15) is 17.2 Å². The van der Waals surface area contributed by atoms with Crippen molar-refractivity contribution in [3.63, 3.8) is 0 Å². The van der Waals surface area contributed by atoms with E-state index in [4.69, 9.17) is 14.2 Å². The van der Waals surface area contributed by atoms with E-state index in [0.29, 0.717) is 30.2 Å². The van der Waals surface area contributed by atoms with Crippen LogP contribution < -0.4 is 9.47 Å². The fourth-order valence-corrected chi connectivity index (χ4v) is 4.68. The van der Waals surface area contributed by atoms with Gasteiger partial charge in [-0.05, 0) is 18.6 Å². The Kier molecular flexibility index (Phi) is 5.22. The number of hydrogen-bond acceptors (Lipinski definition) is 6. The quantitative estimate of drug-likeness (QED) is 0.781. The molecule has 1 atom stereocenters. The Balaban J connectivity index is 1.92. The topological polar surface area (TPSA) is 82.9 Å². The number of hydrogen-bond donors (Lipinski definition) is 0. The highest BCUT2D eigenvalue weighted by molar-refractivity contribution is 7.89. The van der Waals surface area contributed by atoms with Gasteiger partial charge in [0.25, 0.3) is 0 Å². The van der Waals surface area contributed by atoms with E-state index in [1.165, 1.54) is 24.6 Å². The van der Waals surface area contributed by atoms with E-state index in [1.807, 2.05) is 13.2 Å². The van der Waals surface area contributed by atoms with E-state index in [1.54, 1.807) is 23.9 Å². The zero-order valence-electron chi connectivity index (χ0n) is 15.3. The fraction of sp³-hybridized carbons (Fsp3) is 0.471. The van der Waals surface area contributed by atoms with E-state index in [-0.39, 0.29) is 17.5 Å². The second-order valence-electron chi connectivity index (χ2n) is 6.14. The Bertz CT molecular complexity index is 894. The van der Waals surface area contributed by atoms with Crippen LogP contribution in [-0.4, -0.2) is 56.4 Å². The van der Waals surface area contributed by atoms with E-state index < -0.39 is 10.0 Å². The van der Waals surface area contributed by atoms with Crippen molar-refractivity contribution in [1.82, 2.24) is 14.1 Å². The second kappa shape index (κ2) is 7.26. The molecule has 1 aliphatic rings. The van der Waals surface area contributed by atoms with Crippen molar-refractivity contribution in [3.8, 4) is 11.5 Å². The van der Waals surface area contributed by atoms with Gasteiger partial charge in [0.15, 0.2) is 11.5 Å². The van der Waals surface area contributed by atoms with Gasteiger partial charge in [0.05, 0.1) is 38.0 Å². The molecule has 2 heterocycles. The summed E-state index contributed by atoms with van der Waals surface area (Å²) in [6, 6.07) is 3.18. The molecule has 1 saturated heterocycles. The van der Waals surface area contributed by atoms with E-state index in [2.05, 4.69) is 5.10 Å². The summed E-state index contributed by atoms with van der Waals surface area (Å²) >= 11 is 0. The lowest BCUT2D eigenvalue weighted by Crippen LogP contribution is -2.42. The molecule has 142 valence electrons. The van der Waals surface area contributed by atoms with E-state index in [0.717, 1.165) is 5.56 Å². The summed E-state index contributed by atoms with van der Waals surface area (Å²) < 4.78 is 45.8. The van der Waals surface area contributed by atoms with Crippen LogP contribution in [0.3, 0.4) is 0 Å². The number of sulfonamides is 1. The van der Waals surface area contributed by atoms with Crippen molar-refractivity contribution >= 4 is 10.0 Å². The predicted octanol–water partition coefficient (Wildman–Crippen LogP) is 1.51. The molecule has 1 aromatic carbocycles. The number of methoxy groups -OCH3 is 2. The number of aryl methyl sites for hydroxylation is 2. The Morgan fingerprint density at radius 1 is 1.23 bits per heavy atom. The molecule has 0 saturated carbocycles. The van der Waals surface area contributed by atoms with Crippen LogP contribution >= 0.6 is 0 Å². The molecule has 9 heteroatoms. The van der Waals surface area contributed by atoms with Crippen LogP contribution in [0.15, 0.2) is 29.4 Å². The molecular weight excluding hydrogens is 358 g/mol. The summed E-state index contributed by atoms with van der Waals surface area (Å²) in [5, 5.41) is 4.13. The van der Waals surface area contributed by atoms with Gasteiger partial charge in [-0.1, -0.05) is 0 Å². The third-order valence-electron chi connectivity index (χ3n) is 4.42. The summed E-state index contributed by atoms with van der Waals surface area (Å²) in [6.07, 6.45) is 3.19. The predicted molar refractivity (Wildman–Crippen MR) is 94.9 cm³/mol. The molecule has 0 bridgehead atoms. The van der Waals surface area contributed by atoms with Gasteiger partial charge in [-0.3, -0.25) is 4.68 Å². The van der Waals surface area contributed by atoms with Gasteiger partial charge < -0.3 is 14.2 Å². The molecule has 0 aliphatic carbocycles. The lowest BCUT2D eigenvalue weighted by molar-refractivity contribution is -0.00260. The molecule has 1 aromatic heterocycles. The number of ether oxygens (including phenoxy) is 3. The average molecular weight is 381 g/mol. The second-order valence-corrected chi connectivity index (χ2v) is 8.05. The highest BCUT2D eigenvalue weighted by Gasteiger charge is 2.33. The van der Waals surface area contributed by atoms with Crippen LogP contribution in [0.25, 0.3) is 0 Å². The maximum atomic E-state index is 13.2. The lowest BCUT2D eigenvalue weighted by atomic mass is 10.2. The number of aromatic nitrogens is 2. The molecule has 26 heavy (non-hydrogen) atoms. The average Bonchev–Trinajstić information content (AvgIpc) is 3.07. The third kappa shape index (κ3) is 3.42. The molecule has 8 nitrogen and oxygen atoms in total. The molecule has 0 spiro atoms. The van der Waals surface area contributed by atoms with Gasteiger partial charge in [0, 0.05) is 38.0 Å². The summed E-state index contributed by atoms with van der Waals surface area (Å²) in [7, 11) is 1.12. The van der Waals surface area contributed by atoms with Gasteiger partial charge in [-0.25, -0.2) is 8.42 Å². The molecular formula is C17H23N3O5S. The molecule has 1 aliphatic heterocycles. The fourth-order valence-electron chi connectivity index (χ4n) is 3.03. The molecule has 0 unspecified atom stereocenters. The highest BCUT2D eigenvalue weighted by atomic mass is 32.2. The molecule has 3 rings (SSSR count). The minimum atomic E-state index is -3.69. The van der Waals surface area contributed by atoms with Gasteiger partial charge >= 0.3 is 0 Å². The van der Waals surface area contributed by atoms with Crippen molar-refractivity contribution in [1.29, 1.82) is 0 Å². The summed E-state index contributed by atoms with van der Waals surface area (Å²) in [6.45, 7) is 2.60. The van der Waals surface area contributed by atoms with Crippen molar-refractivity contribution < 1.29 is 22.6 Å². The largest absolute Gasteiger partial charge is 0.493 e. The molecule has 1 fully saturated rings. The SMILES string of the molecule is COc1cc(C)c(S(=O)(=O)N2CCO[C@@H](c3cnn(C)c3)C2)cc1OC. The number of benzene rings is 1. The van der Waals surface area contributed by atoms with Crippen molar-refractivity contribution in [2.45, 2.75) is 17.9 Å². The van der Waals surface area contributed by atoms with E-state index in [9.17, 15) is 8.42 Å². The Morgan fingerprint density at radius 3 is 2.54 bits per heavy atom. The first-order valence-corrected chi connectivity index (χ1v) is 9.63. The zero-order chi connectivity index (χ0) is 18.9. The van der Waals surface area contributed by atoms with Gasteiger partial charge in [0.2, 0.25) is 10.0 Å². The lowest BCUT2D eigenvalue weighted by Gasteiger charge is -2.32. The van der Waals surface area contributed by atoms with Crippen molar-refractivity contribution in [3.05, 3.63) is 35.7 Å². The maximum absolute atomic E-state index is 13.2. The number of morpholine rings is 1. The Hall–Kier alpha value is -2.10. The first kappa shape index (κ1) is 18.7. The third-order valence-corrected chi connectivity index (χ3v) is 6.43. The minimum Gasteiger partial charge on any atom is -0.493 e. The van der Waals surface area contributed by atoms with Crippen LogP contribution in [0.4, 0.5) is 0 Å². The van der Waals surface area contributed by atoms with Crippen LogP contribution in [0.5, 0.6) is 11.5 Å². The first-order valence-electron chi connectivity index (χ1n) is 8.19. The Morgan fingerprint density at radius 2 is 1.92 bits per heavy atom. The monoisotopic (exact) mass is 381 g/mol. The summed E-state index contributed by atoms with van der Waals surface area (Å²) in [4.78, 5) is 0.210. The highest BCUT2D eigenvalue weighted by Crippen LogP contribution is 2.35. The first-order chi connectivity index (χ1) is 12.4. The number of rotatable bonds is 5. The maximum Gasteiger partial charge on any atom is 0.243 e. The molecule has 0 N–H and O–H groups in total. The van der Waals surface area contributed by atoms with Crippen LogP contribution in [0, 0.1) is 6.92 Å². The summed E-state index contributed by atoms with van der Waals surface area (Å²) in [5.74, 6) is 0.882. The standard InChI is InChI=1S/C17H23N3O5S/c1-12-7-14(23-3)15(24-4)8-17(12)26(21,22)20-5-6-25-16(11-20)13-9-18-19(2)10-13/h7-10,16H,5-6,11H2,1-4H3/t16-/m1/s1. The van der Waals surface area contributed by atoms with Crippen molar-refractivity contribution in [2.24, 2.45) is 7.05 Å². The molecule has 0 amide bonds. The minimum absolute atomic E-state index is 0.210. The van der Waals surface area contributed by atoms with Gasteiger partial charge in [0.1, 0.15) is 0 Å². The molecule has 0 radical (unpaired) electrons. The van der Waals surface area contributed by atoms with Gasteiger partial charge in [-0.15, -0.1) is 0 Å². The van der Waals surface area contributed by atoms with E-state index >= 15 is 0 Å². The van der Waals surface area contributed by atoms with Crippen LogP contribution in [-0.2, 0) is 21.8 Å². The zero-order valence-corrected chi connectivity index (χ0v) is 16.1. The summed E-state index contributed by atoms with van der Waals surface area (Å²) in [5.41, 5.74) is 1.46.